The maximum atomic E-state index is 9.09. The van der Waals surface area contributed by atoms with Gasteiger partial charge in [-0.1, -0.05) is 12.1 Å². The van der Waals surface area contributed by atoms with Crippen LogP contribution in [-0.2, 0) is 6.61 Å². The fourth-order valence-electron chi connectivity index (χ4n) is 1.98. The summed E-state index contributed by atoms with van der Waals surface area (Å²) in [5, 5.41) is 16.7. The molecule has 4 N–H and O–H groups in total. The number of hydrogen-bond donors (Lipinski definition) is 3. The van der Waals surface area contributed by atoms with E-state index in [9.17, 15) is 0 Å². The molecule has 6 nitrogen and oxygen atoms in total. The van der Waals surface area contributed by atoms with Crippen LogP contribution in [0.5, 0.6) is 0 Å². The van der Waals surface area contributed by atoms with Crippen LogP contribution in [0.3, 0.4) is 0 Å². The van der Waals surface area contributed by atoms with Gasteiger partial charge < -0.3 is 10.8 Å². The van der Waals surface area contributed by atoms with Gasteiger partial charge in [0.25, 0.3) is 0 Å². The van der Waals surface area contributed by atoms with Crippen LogP contribution in [0.15, 0.2) is 47.6 Å². The Morgan fingerprint density at radius 1 is 1.38 bits per heavy atom. The van der Waals surface area contributed by atoms with Gasteiger partial charge in [-0.15, -0.1) is 0 Å². The second-order valence-corrected chi connectivity index (χ2v) is 4.31. The summed E-state index contributed by atoms with van der Waals surface area (Å²) in [6, 6.07) is 10.8. The van der Waals surface area contributed by atoms with Crippen molar-refractivity contribution in [3.8, 4) is 0 Å². The quantitative estimate of drug-likeness (QED) is 0.587. The van der Waals surface area contributed by atoms with Crippen LogP contribution in [0, 0.1) is 5.41 Å². The third-order valence-electron chi connectivity index (χ3n) is 3.05. The maximum Gasteiger partial charge on any atom is 0.144 e. The highest BCUT2D eigenvalue weighted by Gasteiger charge is 2.16. The number of aromatic nitrogens is 1. The lowest BCUT2D eigenvalue weighted by Crippen LogP contribution is -2.31. The van der Waals surface area contributed by atoms with Gasteiger partial charge in [-0.25, -0.2) is 4.98 Å². The van der Waals surface area contributed by atoms with E-state index in [-0.39, 0.29) is 6.61 Å². The molecule has 0 fully saturated rings. The lowest BCUT2D eigenvalue weighted by molar-refractivity contribution is 0.282. The summed E-state index contributed by atoms with van der Waals surface area (Å²) >= 11 is 0. The van der Waals surface area contributed by atoms with Gasteiger partial charge in [0, 0.05) is 18.9 Å². The number of nitrogen functional groups attached to an aromatic ring is 1. The van der Waals surface area contributed by atoms with Crippen LogP contribution < -0.4 is 10.6 Å². The number of aliphatic hydroxyl groups excluding tert-OH is 1. The predicted octanol–water partition coefficient (Wildman–Crippen LogP) is 1.65. The van der Waals surface area contributed by atoms with Gasteiger partial charge in [-0.2, -0.15) is 0 Å². The first-order valence-electron chi connectivity index (χ1n) is 6.38. The largest absolute Gasteiger partial charge is 0.392 e. The van der Waals surface area contributed by atoms with Crippen molar-refractivity contribution in [1.82, 2.24) is 4.98 Å². The molecular formula is C15H17N5O. The Hall–Kier alpha value is -2.73. The first-order chi connectivity index (χ1) is 10.2. The Bertz CT molecular complexity index is 651. The van der Waals surface area contributed by atoms with E-state index in [1.807, 2.05) is 18.2 Å². The van der Waals surface area contributed by atoms with E-state index in [1.54, 1.807) is 36.3 Å². The van der Waals surface area contributed by atoms with Gasteiger partial charge in [0.2, 0.25) is 0 Å². The molecule has 0 atom stereocenters. The number of benzene rings is 1. The smallest absolute Gasteiger partial charge is 0.144 e. The molecule has 21 heavy (non-hydrogen) atoms. The molecule has 0 aliphatic carbocycles. The number of hydrogen-bond acceptors (Lipinski definition) is 5. The minimum atomic E-state index is -0.0187. The summed E-state index contributed by atoms with van der Waals surface area (Å²) in [4.78, 5) is 9.88. The molecule has 2 aromatic rings. The topological polar surface area (TPSA) is 98.6 Å². The van der Waals surface area contributed by atoms with Crippen LogP contribution in [0.25, 0.3) is 0 Å². The highest BCUT2D eigenvalue weighted by atomic mass is 16.3. The number of anilines is 2. The lowest BCUT2D eigenvalue weighted by Gasteiger charge is -2.22. The minimum Gasteiger partial charge on any atom is -0.392 e. The molecular weight excluding hydrogens is 266 g/mol. The molecule has 2 rings (SSSR count). The summed E-state index contributed by atoms with van der Waals surface area (Å²) in [5.74, 6) is 0.893. The molecule has 1 heterocycles. The maximum absolute atomic E-state index is 9.09. The fraction of sp³-hybridized carbons (Fsp3) is 0.133. The van der Waals surface area contributed by atoms with Crippen molar-refractivity contribution in [2.24, 2.45) is 4.99 Å². The van der Waals surface area contributed by atoms with Gasteiger partial charge in [0.15, 0.2) is 0 Å². The van der Waals surface area contributed by atoms with Gasteiger partial charge in [0.05, 0.1) is 18.5 Å². The number of rotatable bonds is 4. The molecule has 0 bridgehead atoms. The number of amidine groups is 1. The predicted molar refractivity (Wildman–Crippen MR) is 84.7 cm³/mol. The number of nitrogens with zero attached hydrogens (tertiary/aromatic N) is 3. The molecule has 6 heteroatoms. The second kappa shape index (κ2) is 6.62. The van der Waals surface area contributed by atoms with Crippen molar-refractivity contribution in [1.29, 1.82) is 5.41 Å². The average molecular weight is 283 g/mol. The van der Waals surface area contributed by atoms with E-state index in [1.165, 1.54) is 6.34 Å². The van der Waals surface area contributed by atoms with Crippen molar-refractivity contribution >= 4 is 23.7 Å². The third-order valence-corrected chi connectivity index (χ3v) is 3.05. The van der Waals surface area contributed by atoms with Crippen LogP contribution >= 0.6 is 0 Å². The molecule has 1 aromatic heterocycles. The number of nitrogens with one attached hydrogen (secondary N) is 1. The van der Waals surface area contributed by atoms with Crippen LogP contribution in [0.1, 0.15) is 11.1 Å². The molecule has 0 aliphatic heterocycles. The van der Waals surface area contributed by atoms with E-state index in [0.717, 1.165) is 11.3 Å². The number of nitrogens with two attached hydrogens (primary N) is 1. The Balaban J connectivity index is 2.43. The van der Waals surface area contributed by atoms with Crippen molar-refractivity contribution in [2.75, 3.05) is 17.7 Å². The standard InChI is InChI=1S/C15H17N5O/c1-18-15(13-3-2-8-19-14(13)17)20(10-16)12-6-4-11(9-21)5-7-12/h2-8,10,16,21H,9H2,1H3,(H2,17,19). The Labute approximate surface area is 123 Å². The zero-order chi connectivity index (χ0) is 15.2. The van der Waals surface area contributed by atoms with Gasteiger partial charge in [-0.05, 0) is 29.8 Å². The summed E-state index contributed by atoms with van der Waals surface area (Å²) in [5.41, 5.74) is 8.11. The zero-order valence-corrected chi connectivity index (χ0v) is 11.7. The third kappa shape index (κ3) is 3.06. The molecule has 0 saturated heterocycles. The van der Waals surface area contributed by atoms with E-state index < -0.39 is 0 Å². The number of aliphatic hydroxyl groups is 1. The van der Waals surface area contributed by atoms with Gasteiger partial charge >= 0.3 is 0 Å². The highest BCUT2D eigenvalue weighted by molar-refractivity contribution is 6.20. The monoisotopic (exact) mass is 283 g/mol. The average Bonchev–Trinajstić information content (AvgIpc) is 2.54. The van der Waals surface area contributed by atoms with E-state index in [2.05, 4.69) is 9.98 Å². The molecule has 0 aliphatic rings. The fourth-order valence-corrected chi connectivity index (χ4v) is 1.98. The van der Waals surface area contributed by atoms with Crippen LogP contribution in [-0.4, -0.2) is 29.3 Å². The molecule has 0 amide bonds. The van der Waals surface area contributed by atoms with Crippen molar-refractivity contribution in [3.63, 3.8) is 0 Å². The van der Waals surface area contributed by atoms with Crippen molar-refractivity contribution in [3.05, 3.63) is 53.7 Å². The Kier molecular flexibility index (Phi) is 4.63. The summed E-state index contributed by atoms with van der Waals surface area (Å²) < 4.78 is 0. The number of pyridine rings is 1. The molecule has 1 aromatic carbocycles. The van der Waals surface area contributed by atoms with Crippen molar-refractivity contribution < 1.29 is 5.11 Å². The molecule has 0 spiro atoms. The molecule has 108 valence electrons. The Morgan fingerprint density at radius 3 is 2.62 bits per heavy atom. The van der Waals surface area contributed by atoms with Crippen LogP contribution in [0.4, 0.5) is 11.5 Å². The lowest BCUT2D eigenvalue weighted by atomic mass is 10.1. The van der Waals surface area contributed by atoms with Crippen LogP contribution in [0.2, 0.25) is 0 Å². The van der Waals surface area contributed by atoms with E-state index in [0.29, 0.717) is 17.2 Å². The second-order valence-electron chi connectivity index (χ2n) is 4.31. The first-order valence-corrected chi connectivity index (χ1v) is 6.38. The first kappa shape index (κ1) is 14.7. The summed E-state index contributed by atoms with van der Waals surface area (Å²) in [6.45, 7) is -0.0187. The van der Waals surface area contributed by atoms with E-state index in [4.69, 9.17) is 16.2 Å². The van der Waals surface area contributed by atoms with Crippen molar-refractivity contribution in [2.45, 2.75) is 6.61 Å². The number of aliphatic imine (C=N–C) groups is 1. The summed E-state index contributed by atoms with van der Waals surface area (Å²) in [7, 11) is 1.64. The SMILES string of the molecule is CN=C(c1cccnc1N)N(C=N)c1ccc(CO)cc1. The molecule has 0 unspecified atom stereocenters. The van der Waals surface area contributed by atoms with E-state index >= 15 is 0 Å². The van der Waals surface area contributed by atoms with Gasteiger partial charge in [-0.3, -0.25) is 15.3 Å². The van der Waals surface area contributed by atoms with Gasteiger partial charge in [0.1, 0.15) is 11.7 Å². The zero-order valence-electron chi connectivity index (χ0n) is 11.7. The molecule has 0 radical (unpaired) electrons. The highest BCUT2D eigenvalue weighted by Crippen LogP contribution is 2.19. The normalized spacial score (nSPS) is 11.2. The summed E-state index contributed by atoms with van der Waals surface area (Å²) in [6.07, 6.45) is 2.78. The minimum absolute atomic E-state index is 0.0187. The Morgan fingerprint density at radius 2 is 2.10 bits per heavy atom. The molecule has 0 saturated carbocycles.